The Morgan fingerprint density at radius 1 is 1.22 bits per heavy atom. The molecule has 1 saturated heterocycles. The number of benzene rings is 1. The first-order chi connectivity index (χ1) is 8.66. The number of hydrogen-bond acceptors (Lipinski definition) is 2. The van der Waals surface area contributed by atoms with Crippen molar-refractivity contribution < 1.29 is 4.74 Å². The molecule has 1 aromatic rings. The van der Waals surface area contributed by atoms with Crippen LogP contribution in [0.15, 0.2) is 12.1 Å². The van der Waals surface area contributed by atoms with Crippen LogP contribution >= 0.6 is 11.6 Å². The van der Waals surface area contributed by atoms with E-state index in [-0.39, 0.29) is 0 Å². The van der Waals surface area contributed by atoms with E-state index in [0.717, 1.165) is 53.9 Å². The first kappa shape index (κ1) is 13.7. The molecular weight excluding hydrogens is 246 g/mol. The van der Waals surface area contributed by atoms with Crippen LogP contribution in [-0.4, -0.2) is 19.7 Å². The fraction of sp³-hybridized carbons (Fsp3) is 0.600. The first-order valence-corrected chi connectivity index (χ1v) is 7.15. The molecule has 0 amide bonds. The number of ether oxygens (including phenoxy) is 1. The van der Waals surface area contributed by atoms with Crippen molar-refractivity contribution in [1.29, 1.82) is 0 Å². The molecule has 0 spiro atoms. The van der Waals surface area contributed by atoms with Crippen LogP contribution in [0.25, 0.3) is 0 Å². The van der Waals surface area contributed by atoms with Crippen LogP contribution in [0.1, 0.15) is 30.4 Å². The smallest absolute Gasteiger partial charge is 0.125 e. The summed E-state index contributed by atoms with van der Waals surface area (Å²) in [5.41, 5.74) is 2.26. The average molecular weight is 268 g/mol. The summed E-state index contributed by atoms with van der Waals surface area (Å²) in [5.74, 6) is 1.83. The third kappa shape index (κ3) is 3.63. The van der Waals surface area contributed by atoms with E-state index in [0.29, 0.717) is 0 Å². The summed E-state index contributed by atoms with van der Waals surface area (Å²) >= 11 is 6.02. The molecule has 2 nitrogen and oxygen atoms in total. The van der Waals surface area contributed by atoms with Gasteiger partial charge in [-0.05, 0) is 75.4 Å². The fourth-order valence-corrected chi connectivity index (χ4v) is 2.95. The predicted molar refractivity (Wildman–Crippen MR) is 76.6 cm³/mol. The minimum Gasteiger partial charge on any atom is -0.493 e. The highest BCUT2D eigenvalue weighted by Crippen LogP contribution is 2.27. The zero-order valence-corrected chi connectivity index (χ0v) is 12.0. The Labute approximate surface area is 115 Å². The molecule has 18 heavy (non-hydrogen) atoms. The number of nitrogens with one attached hydrogen (secondary N) is 1. The van der Waals surface area contributed by atoms with Crippen molar-refractivity contribution in [3.8, 4) is 5.75 Å². The summed E-state index contributed by atoms with van der Waals surface area (Å²) in [4.78, 5) is 0. The van der Waals surface area contributed by atoms with Gasteiger partial charge in [0.1, 0.15) is 5.75 Å². The topological polar surface area (TPSA) is 21.3 Å². The van der Waals surface area contributed by atoms with Crippen LogP contribution in [0.3, 0.4) is 0 Å². The second kappa shape index (κ2) is 6.44. The van der Waals surface area contributed by atoms with Gasteiger partial charge in [-0.15, -0.1) is 0 Å². The molecule has 1 fully saturated rings. The average Bonchev–Trinajstić information content (AvgIpc) is 2.34. The van der Waals surface area contributed by atoms with Gasteiger partial charge in [-0.1, -0.05) is 11.6 Å². The quantitative estimate of drug-likeness (QED) is 0.898. The predicted octanol–water partition coefficient (Wildman–Crippen LogP) is 3.73. The SMILES string of the molecule is Cc1cc(Cl)cc(C)c1OCCC1CCNCC1. The van der Waals surface area contributed by atoms with E-state index in [1.165, 1.54) is 12.8 Å². The maximum atomic E-state index is 6.02. The second-order valence-corrected chi connectivity index (χ2v) is 5.64. The number of hydrogen-bond donors (Lipinski definition) is 1. The van der Waals surface area contributed by atoms with Gasteiger partial charge in [0.05, 0.1) is 6.61 Å². The van der Waals surface area contributed by atoms with Crippen molar-refractivity contribution in [2.45, 2.75) is 33.1 Å². The second-order valence-electron chi connectivity index (χ2n) is 5.20. The van der Waals surface area contributed by atoms with Gasteiger partial charge in [0.25, 0.3) is 0 Å². The molecule has 1 aliphatic rings. The van der Waals surface area contributed by atoms with E-state index in [1.807, 2.05) is 12.1 Å². The number of aryl methyl sites for hydroxylation is 2. The van der Waals surface area contributed by atoms with Gasteiger partial charge in [0.2, 0.25) is 0 Å². The number of rotatable bonds is 4. The Morgan fingerprint density at radius 3 is 2.44 bits per heavy atom. The molecule has 100 valence electrons. The maximum absolute atomic E-state index is 6.02. The standard InChI is InChI=1S/C15H22ClNO/c1-11-9-14(16)10-12(2)15(11)18-8-5-13-3-6-17-7-4-13/h9-10,13,17H,3-8H2,1-2H3. The van der Waals surface area contributed by atoms with Crippen molar-refractivity contribution >= 4 is 11.6 Å². The lowest BCUT2D eigenvalue weighted by Crippen LogP contribution is -2.28. The molecule has 0 aromatic heterocycles. The van der Waals surface area contributed by atoms with E-state index in [4.69, 9.17) is 16.3 Å². The summed E-state index contributed by atoms with van der Waals surface area (Å²) < 4.78 is 5.95. The van der Waals surface area contributed by atoms with Crippen LogP contribution in [0, 0.1) is 19.8 Å². The van der Waals surface area contributed by atoms with E-state index < -0.39 is 0 Å². The van der Waals surface area contributed by atoms with E-state index in [2.05, 4.69) is 19.2 Å². The van der Waals surface area contributed by atoms with Crippen LogP contribution in [0.4, 0.5) is 0 Å². The Bertz CT molecular complexity index is 376. The molecule has 1 heterocycles. The van der Waals surface area contributed by atoms with E-state index in [1.54, 1.807) is 0 Å². The molecule has 0 atom stereocenters. The lowest BCUT2D eigenvalue weighted by Gasteiger charge is -2.23. The Hall–Kier alpha value is -0.730. The van der Waals surface area contributed by atoms with Crippen LogP contribution < -0.4 is 10.1 Å². The Kier molecular flexibility index (Phi) is 4.90. The molecule has 0 bridgehead atoms. The highest BCUT2D eigenvalue weighted by atomic mass is 35.5. The summed E-state index contributed by atoms with van der Waals surface area (Å²) in [6.45, 7) is 7.23. The van der Waals surface area contributed by atoms with Crippen LogP contribution in [-0.2, 0) is 0 Å². The van der Waals surface area contributed by atoms with Gasteiger partial charge < -0.3 is 10.1 Å². The van der Waals surface area contributed by atoms with Crippen molar-refractivity contribution in [1.82, 2.24) is 5.32 Å². The summed E-state index contributed by atoms with van der Waals surface area (Å²) in [5, 5.41) is 4.18. The molecule has 0 aliphatic carbocycles. The summed E-state index contributed by atoms with van der Waals surface area (Å²) in [6, 6.07) is 3.93. The van der Waals surface area contributed by atoms with Crippen molar-refractivity contribution in [2.75, 3.05) is 19.7 Å². The van der Waals surface area contributed by atoms with Crippen molar-refractivity contribution in [2.24, 2.45) is 5.92 Å². The Morgan fingerprint density at radius 2 is 1.83 bits per heavy atom. The molecule has 0 unspecified atom stereocenters. The van der Waals surface area contributed by atoms with Crippen molar-refractivity contribution in [3.63, 3.8) is 0 Å². The highest BCUT2D eigenvalue weighted by Gasteiger charge is 2.13. The van der Waals surface area contributed by atoms with Gasteiger partial charge in [-0.2, -0.15) is 0 Å². The van der Waals surface area contributed by atoms with E-state index >= 15 is 0 Å². The Balaban J connectivity index is 1.86. The van der Waals surface area contributed by atoms with Gasteiger partial charge >= 0.3 is 0 Å². The molecule has 3 heteroatoms. The van der Waals surface area contributed by atoms with Gasteiger partial charge in [0.15, 0.2) is 0 Å². The molecule has 0 radical (unpaired) electrons. The van der Waals surface area contributed by atoms with Gasteiger partial charge in [0, 0.05) is 5.02 Å². The normalized spacial score (nSPS) is 16.8. The molecule has 1 aliphatic heterocycles. The van der Waals surface area contributed by atoms with E-state index in [9.17, 15) is 0 Å². The minimum absolute atomic E-state index is 0.788. The zero-order valence-electron chi connectivity index (χ0n) is 11.3. The highest BCUT2D eigenvalue weighted by molar-refractivity contribution is 6.30. The molecule has 2 rings (SSSR count). The third-order valence-corrected chi connectivity index (χ3v) is 3.87. The van der Waals surface area contributed by atoms with Crippen LogP contribution in [0.2, 0.25) is 5.02 Å². The fourth-order valence-electron chi connectivity index (χ4n) is 2.62. The lowest BCUT2D eigenvalue weighted by molar-refractivity contribution is 0.249. The monoisotopic (exact) mass is 267 g/mol. The van der Waals surface area contributed by atoms with Gasteiger partial charge in [-0.25, -0.2) is 0 Å². The maximum Gasteiger partial charge on any atom is 0.125 e. The molecular formula is C15H22ClNO. The largest absolute Gasteiger partial charge is 0.493 e. The lowest BCUT2D eigenvalue weighted by atomic mass is 9.95. The zero-order chi connectivity index (χ0) is 13.0. The number of halogens is 1. The third-order valence-electron chi connectivity index (χ3n) is 3.66. The van der Waals surface area contributed by atoms with Crippen LogP contribution in [0.5, 0.6) is 5.75 Å². The minimum atomic E-state index is 0.788. The molecule has 0 saturated carbocycles. The summed E-state index contributed by atoms with van der Waals surface area (Å²) in [6.07, 6.45) is 3.72. The van der Waals surface area contributed by atoms with Crippen molar-refractivity contribution in [3.05, 3.63) is 28.3 Å². The first-order valence-electron chi connectivity index (χ1n) is 6.77. The van der Waals surface area contributed by atoms with Gasteiger partial charge in [-0.3, -0.25) is 0 Å². The molecule has 1 aromatic carbocycles. The number of piperidine rings is 1. The summed E-state index contributed by atoms with van der Waals surface area (Å²) in [7, 11) is 0. The molecule has 1 N–H and O–H groups in total.